The summed E-state index contributed by atoms with van der Waals surface area (Å²) in [6.45, 7) is 2.16. The zero-order valence-electron chi connectivity index (χ0n) is 10.3. The standard InChI is InChI=1S/C13H23NO2/c1-16-13(15)12(14-9-5-6-10-14)11-7-3-2-4-8-11/h11-12H,2-10H2,1H3. The topological polar surface area (TPSA) is 29.5 Å². The number of nitrogens with zero attached hydrogens (tertiary/aromatic N) is 1. The van der Waals surface area contributed by atoms with Crippen LogP contribution in [0.2, 0.25) is 0 Å². The van der Waals surface area contributed by atoms with Gasteiger partial charge < -0.3 is 4.74 Å². The van der Waals surface area contributed by atoms with Crippen molar-refractivity contribution in [2.75, 3.05) is 20.2 Å². The normalized spacial score (nSPS) is 25.6. The zero-order chi connectivity index (χ0) is 11.4. The van der Waals surface area contributed by atoms with E-state index in [1.54, 1.807) is 0 Å². The molecule has 1 aliphatic carbocycles. The van der Waals surface area contributed by atoms with Gasteiger partial charge in [0.05, 0.1) is 7.11 Å². The highest BCUT2D eigenvalue weighted by atomic mass is 16.5. The van der Waals surface area contributed by atoms with E-state index in [0.29, 0.717) is 5.92 Å². The molecule has 0 spiro atoms. The molecular weight excluding hydrogens is 202 g/mol. The Labute approximate surface area is 98.1 Å². The Balaban J connectivity index is 2.03. The number of rotatable bonds is 3. The molecule has 0 radical (unpaired) electrons. The summed E-state index contributed by atoms with van der Waals surface area (Å²) < 4.78 is 5.00. The molecule has 1 saturated heterocycles. The fourth-order valence-corrected chi connectivity index (χ4v) is 3.23. The predicted octanol–water partition coefficient (Wildman–Crippen LogP) is 2.20. The quantitative estimate of drug-likeness (QED) is 0.690. The van der Waals surface area contributed by atoms with Crippen molar-refractivity contribution in [3.63, 3.8) is 0 Å². The molecule has 0 aromatic carbocycles. The predicted molar refractivity (Wildman–Crippen MR) is 63.2 cm³/mol. The molecule has 2 rings (SSSR count). The Morgan fingerprint density at radius 3 is 2.31 bits per heavy atom. The minimum absolute atomic E-state index is 0.00574. The van der Waals surface area contributed by atoms with E-state index in [1.165, 1.54) is 52.1 Å². The Bertz CT molecular complexity index is 230. The van der Waals surface area contributed by atoms with E-state index in [9.17, 15) is 4.79 Å². The molecule has 3 heteroatoms. The third-order valence-electron chi connectivity index (χ3n) is 4.07. The van der Waals surface area contributed by atoms with Crippen LogP contribution in [-0.4, -0.2) is 37.1 Å². The highest BCUT2D eigenvalue weighted by Crippen LogP contribution is 2.31. The summed E-state index contributed by atoms with van der Waals surface area (Å²) in [4.78, 5) is 14.3. The lowest BCUT2D eigenvalue weighted by Gasteiger charge is -2.34. The highest BCUT2D eigenvalue weighted by Gasteiger charge is 2.36. The first-order valence-corrected chi connectivity index (χ1v) is 6.65. The fraction of sp³-hybridized carbons (Fsp3) is 0.923. The number of likely N-dealkylation sites (tertiary alicyclic amines) is 1. The maximum atomic E-state index is 11.9. The van der Waals surface area contributed by atoms with Gasteiger partial charge in [0.25, 0.3) is 0 Å². The van der Waals surface area contributed by atoms with Gasteiger partial charge in [-0.1, -0.05) is 19.3 Å². The van der Waals surface area contributed by atoms with Crippen molar-refractivity contribution in [3.05, 3.63) is 0 Å². The number of ether oxygens (including phenoxy) is 1. The second-order valence-electron chi connectivity index (χ2n) is 5.11. The first-order valence-electron chi connectivity index (χ1n) is 6.65. The van der Waals surface area contributed by atoms with Gasteiger partial charge in [0.1, 0.15) is 6.04 Å². The highest BCUT2D eigenvalue weighted by molar-refractivity contribution is 5.76. The van der Waals surface area contributed by atoms with Gasteiger partial charge in [0, 0.05) is 0 Å². The van der Waals surface area contributed by atoms with Gasteiger partial charge >= 0.3 is 5.97 Å². The SMILES string of the molecule is COC(=O)C(C1CCCCC1)N1CCCC1. The number of esters is 1. The van der Waals surface area contributed by atoms with Crippen molar-refractivity contribution in [1.82, 2.24) is 4.90 Å². The third-order valence-corrected chi connectivity index (χ3v) is 4.07. The molecule has 16 heavy (non-hydrogen) atoms. The lowest BCUT2D eigenvalue weighted by atomic mass is 9.83. The van der Waals surface area contributed by atoms with Crippen LogP contribution in [0.25, 0.3) is 0 Å². The van der Waals surface area contributed by atoms with Gasteiger partial charge in [-0.05, 0) is 44.7 Å². The summed E-state index contributed by atoms with van der Waals surface area (Å²) in [6.07, 6.45) is 8.79. The first kappa shape index (κ1) is 11.9. The average Bonchev–Trinajstić information content (AvgIpc) is 2.84. The van der Waals surface area contributed by atoms with Gasteiger partial charge in [0.2, 0.25) is 0 Å². The molecule has 3 nitrogen and oxygen atoms in total. The van der Waals surface area contributed by atoms with Gasteiger partial charge in [-0.15, -0.1) is 0 Å². The summed E-state index contributed by atoms with van der Waals surface area (Å²) in [5, 5.41) is 0. The van der Waals surface area contributed by atoms with Crippen LogP contribution in [-0.2, 0) is 9.53 Å². The molecule has 0 aromatic heterocycles. The van der Waals surface area contributed by atoms with Crippen LogP contribution in [0.4, 0.5) is 0 Å². The van der Waals surface area contributed by atoms with E-state index in [0.717, 1.165) is 13.1 Å². The van der Waals surface area contributed by atoms with Crippen LogP contribution in [0.3, 0.4) is 0 Å². The number of hydrogen-bond donors (Lipinski definition) is 0. The van der Waals surface area contributed by atoms with Gasteiger partial charge in [-0.25, -0.2) is 0 Å². The van der Waals surface area contributed by atoms with E-state index in [4.69, 9.17) is 4.74 Å². The number of carbonyl (C=O) groups excluding carboxylic acids is 1. The Hall–Kier alpha value is -0.570. The Morgan fingerprint density at radius 1 is 1.12 bits per heavy atom. The molecule has 1 aliphatic heterocycles. The van der Waals surface area contributed by atoms with E-state index >= 15 is 0 Å². The van der Waals surface area contributed by atoms with Crippen molar-refractivity contribution in [1.29, 1.82) is 0 Å². The summed E-state index contributed by atoms with van der Waals surface area (Å²) in [5.74, 6) is 0.535. The Morgan fingerprint density at radius 2 is 1.75 bits per heavy atom. The number of carbonyl (C=O) groups is 1. The van der Waals surface area contributed by atoms with Crippen molar-refractivity contribution in [3.8, 4) is 0 Å². The van der Waals surface area contributed by atoms with Gasteiger partial charge in [-0.2, -0.15) is 0 Å². The summed E-state index contributed by atoms with van der Waals surface area (Å²) in [5.41, 5.74) is 0. The summed E-state index contributed by atoms with van der Waals surface area (Å²) in [6, 6.07) is 0.0489. The molecule has 1 heterocycles. The number of hydrogen-bond acceptors (Lipinski definition) is 3. The molecule has 0 N–H and O–H groups in total. The van der Waals surface area contributed by atoms with Crippen molar-refractivity contribution >= 4 is 5.97 Å². The van der Waals surface area contributed by atoms with Gasteiger partial charge in [0.15, 0.2) is 0 Å². The maximum Gasteiger partial charge on any atom is 0.323 e. The summed E-state index contributed by atoms with van der Waals surface area (Å²) in [7, 11) is 1.52. The van der Waals surface area contributed by atoms with Crippen molar-refractivity contribution in [2.45, 2.75) is 51.0 Å². The fourth-order valence-electron chi connectivity index (χ4n) is 3.23. The van der Waals surface area contributed by atoms with Crippen LogP contribution in [0.15, 0.2) is 0 Å². The molecule has 1 atom stereocenters. The zero-order valence-corrected chi connectivity index (χ0v) is 10.3. The van der Waals surface area contributed by atoms with Crippen molar-refractivity contribution < 1.29 is 9.53 Å². The van der Waals surface area contributed by atoms with E-state index in [2.05, 4.69) is 4.90 Å². The number of methoxy groups -OCH3 is 1. The van der Waals surface area contributed by atoms with Gasteiger partial charge in [-0.3, -0.25) is 9.69 Å². The van der Waals surface area contributed by atoms with Crippen molar-refractivity contribution in [2.24, 2.45) is 5.92 Å². The lowest BCUT2D eigenvalue weighted by molar-refractivity contribution is -0.149. The molecule has 2 aliphatic rings. The molecule has 0 aromatic rings. The van der Waals surface area contributed by atoms with E-state index in [1.807, 2.05) is 0 Å². The van der Waals surface area contributed by atoms with Crippen LogP contribution in [0.5, 0.6) is 0 Å². The third kappa shape index (κ3) is 2.57. The van der Waals surface area contributed by atoms with Crippen LogP contribution >= 0.6 is 0 Å². The van der Waals surface area contributed by atoms with Crippen LogP contribution in [0.1, 0.15) is 44.9 Å². The Kier molecular flexibility index (Phi) is 4.22. The molecular formula is C13H23NO2. The molecule has 0 amide bonds. The maximum absolute atomic E-state index is 11.9. The second kappa shape index (κ2) is 5.67. The average molecular weight is 225 g/mol. The minimum atomic E-state index is -0.00574. The summed E-state index contributed by atoms with van der Waals surface area (Å²) >= 11 is 0. The lowest BCUT2D eigenvalue weighted by Crippen LogP contribution is -2.46. The first-order chi connectivity index (χ1) is 7.83. The smallest absolute Gasteiger partial charge is 0.323 e. The minimum Gasteiger partial charge on any atom is -0.468 e. The molecule has 1 saturated carbocycles. The molecule has 0 bridgehead atoms. The van der Waals surface area contributed by atoms with Crippen LogP contribution < -0.4 is 0 Å². The molecule has 1 unspecified atom stereocenters. The van der Waals surface area contributed by atoms with E-state index < -0.39 is 0 Å². The van der Waals surface area contributed by atoms with Crippen LogP contribution in [0, 0.1) is 5.92 Å². The largest absolute Gasteiger partial charge is 0.468 e. The molecule has 92 valence electrons. The van der Waals surface area contributed by atoms with E-state index in [-0.39, 0.29) is 12.0 Å². The monoisotopic (exact) mass is 225 g/mol. The molecule has 2 fully saturated rings. The second-order valence-corrected chi connectivity index (χ2v) is 5.11.